The van der Waals surface area contributed by atoms with E-state index in [4.69, 9.17) is 0 Å². The van der Waals surface area contributed by atoms with Crippen LogP contribution >= 0.6 is 49.9 Å². The average molecular weight is 452 g/mol. The Hall–Kier alpha value is -0.670. The number of hydrogen-bond donors (Lipinski definition) is 2. The summed E-state index contributed by atoms with van der Waals surface area (Å²) in [5, 5.41) is 5.49. The topological polar surface area (TPSA) is 54.0 Å². The molecule has 0 bridgehead atoms. The summed E-state index contributed by atoms with van der Waals surface area (Å²) in [6.07, 6.45) is 2.48. The lowest BCUT2D eigenvalue weighted by atomic mass is 10.3. The standard InChI is InChI=1S/C12H11BrIN3OS/c13-8-1-4-11(16-7-8)17-12(18)15-6-5-9-2-3-10(14)19-9/h1-4,7H,5-6H2,(H2,15,16,17,18). The van der Waals surface area contributed by atoms with E-state index in [9.17, 15) is 4.79 Å². The van der Waals surface area contributed by atoms with Gasteiger partial charge < -0.3 is 5.32 Å². The van der Waals surface area contributed by atoms with Crippen LogP contribution in [0.5, 0.6) is 0 Å². The second kappa shape index (κ2) is 7.20. The van der Waals surface area contributed by atoms with Crippen LogP contribution < -0.4 is 10.6 Å². The number of pyridine rings is 1. The molecule has 2 aromatic heterocycles. The van der Waals surface area contributed by atoms with Crippen LogP contribution in [0.2, 0.25) is 0 Å². The van der Waals surface area contributed by atoms with Gasteiger partial charge in [0, 0.05) is 22.1 Å². The average Bonchev–Trinajstić information content (AvgIpc) is 2.78. The van der Waals surface area contributed by atoms with Crippen molar-refractivity contribution in [1.29, 1.82) is 0 Å². The number of anilines is 1. The number of aromatic nitrogens is 1. The molecule has 2 aromatic rings. The summed E-state index contributed by atoms with van der Waals surface area (Å²) < 4.78 is 2.14. The normalized spacial score (nSPS) is 10.2. The lowest BCUT2D eigenvalue weighted by Crippen LogP contribution is -2.30. The summed E-state index contributed by atoms with van der Waals surface area (Å²) in [5.74, 6) is 0.534. The van der Waals surface area contributed by atoms with E-state index in [2.05, 4.69) is 66.3 Å². The van der Waals surface area contributed by atoms with E-state index in [0.717, 1.165) is 10.9 Å². The van der Waals surface area contributed by atoms with Gasteiger partial charge in [0.15, 0.2) is 0 Å². The Kier molecular flexibility index (Phi) is 5.59. The number of thiophene rings is 1. The quantitative estimate of drug-likeness (QED) is 0.693. The minimum absolute atomic E-state index is 0.235. The van der Waals surface area contributed by atoms with Crippen LogP contribution in [0, 0.1) is 2.88 Å². The maximum Gasteiger partial charge on any atom is 0.320 e. The molecule has 100 valence electrons. The third-order valence-corrected chi connectivity index (χ3v) is 4.68. The van der Waals surface area contributed by atoms with Crippen LogP contribution in [0.25, 0.3) is 0 Å². The van der Waals surface area contributed by atoms with Crippen LogP contribution in [-0.2, 0) is 6.42 Å². The lowest BCUT2D eigenvalue weighted by Gasteiger charge is -2.06. The number of rotatable bonds is 4. The largest absolute Gasteiger partial charge is 0.337 e. The van der Waals surface area contributed by atoms with Gasteiger partial charge in [-0.1, -0.05) is 0 Å². The van der Waals surface area contributed by atoms with Gasteiger partial charge in [0.05, 0.1) is 2.88 Å². The van der Waals surface area contributed by atoms with Crippen molar-refractivity contribution >= 4 is 61.7 Å². The zero-order chi connectivity index (χ0) is 13.7. The molecule has 2 rings (SSSR count). The van der Waals surface area contributed by atoms with E-state index in [1.165, 1.54) is 7.76 Å². The Morgan fingerprint density at radius 2 is 2.21 bits per heavy atom. The predicted molar refractivity (Wildman–Crippen MR) is 89.7 cm³/mol. The molecular weight excluding hydrogens is 441 g/mol. The van der Waals surface area contributed by atoms with Crippen LogP contribution in [0.3, 0.4) is 0 Å². The smallest absolute Gasteiger partial charge is 0.320 e. The Morgan fingerprint density at radius 1 is 1.37 bits per heavy atom. The molecule has 0 aliphatic heterocycles. The Labute approximate surface area is 137 Å². The fraction of sp³-hybridized carbons (Fsp3) is 0.167. The van der Waals surface area contributed by atoms with Gasteiger partial charge in [-0.05, 0) is 69.2 Å². The molecule has 0 saturated heterocycles. The number of halogens is 2. The number of urea groups is 1. The van der Waals surface area contributed by atoms with Crippen molar-refractivity contribution in [3.8, 4) is 0 Å². The molecule has 4 nitrogen and oxygen atoms in total. The minimum atomic E-state index is -0.235. The number of carbonyl (C=O) groups excluding carboxylic acids is 1. The van der Waals surface area contributed by atoms with Crippen LogP contribution in [0.1, 0.15) is 4.88 Å². The Bertz CT molecular complexity index is 558. The van der Waals surface area contributed by atoms with Crippen molar-refractivity contribution < 1.29 is 4.79 Å². The third-order valence-electron chi connectivity index (χ3n) is 2.25. The lowest BCUT2D eigenvalue weighted by molar-refractivity contribution is 0.252. The highest BCUT2D eigenvalue weighted by Crippen LogP contribution is 2.18. The SMILES string of the molecule is O=C(NCCc1ccc(I)s1)Nc1ccc(Br)cn1. The summed E-state index contributed by atoms with van der Waals surface area (Å²) in [4.78, 5) is 17.0. The monoisotopic (exact) mass is 451 g/mol. The van der Waals surface area contributed by atoms with Crippen LogP contribution in [0.4, 0.5) is 10.6 Å². The summed E-state index contributed by atoms with van der Waals surface area (Å²) in [6, 6.07) is 7.50. The molecule has 19 heavy (non-hydrogen) atoms. The number of nitrogens with one attached hydrogen (secondary N) is 2. The molecule has 0 spiro atoms. The summed E-state index contributed by atoms with van der Waals surface area (Å²) in [7, 11) is 0. The van der Waals surface area contributed by atoms with E-state index in [1.54, 1.807) is 23.6 Å². The highest BCUT2D eigenvalue weighted by molar-refractivity contribution is 14.1. The molecule has 0 unspecified atom stereocenters. The number of carbonyl (C=O) groups is 1. The molecule has 2 N–H and O–H groups in total. The molecular formula is C12H11BrIN3OS. The van der Waals surface area contributed by atoms with Gasteiger partial charge in [-0.3, -0.25) is 5.32 Å². The third kappa shape index (κ3) is 5.07. The van der Waals surface area contributed by atoms with Crippen LogP contribution in [-0.4, -0.2) is 17.6 Å². The van der Waals surface area contributed by atoms with Gasteiger partial charge in [-0.15, -0.1) is 11.3 Å². The number of nitrogens with zero attached hydrogens (tertiary/aromatic N) is 1. The molecule has 0 aliphatic rings. The second-order valence-corrected chi connectivity index (χ2v) is 7.68. The number of amides is 2. The first-order chi connectivity index (χ1) is 9.13. The molecule has 0 radical (unpaired) electrons. The molecule has 7 heteroatoms. The number of hydrogen-bond acceptors (Lipinski definition) is 3. The zero-order valence-electron chi connectivity index (χ0n) is 9.82. The first-order valence-electron chi connectivity index (χ1n) is 5.54. The van der Waals surface area contributed by atoms with Gasteiger partial charge in [0.1, 0.15) is 5.82 Å². The second-order valence-electron chi connectivity index (χ2n) is 3.70. The fourth-order valence-corrected chi connectivity index (χ4v) is 3.39. The van der Waals surface area contributed by atoms with E-state index < -0.39 is 0 Å². The fourth-order valence-electron chi connectivity index (χ4n) is 1.40. The molecule has 2 heterocycles. The van der Waals surface area contributed by atoms with E-state index in [-0.39, 0.29) is 6.03 Å². The molecule has 0 aromatic carbocycles. The molecule has 2 amide bonds. The zero-order valence-corrected chi connectivity index (χ0v) is 14.4. The predicted octanol–water partition coefficient (Wildman–Crippen LogP) is 3.87. The van der Waals surface area contributed by atoms with Gasteiger partial charge >= 0.3 is 6.03 Å². The van der Waals surface area contributed by atoms with Crippen LogP contribution in [0.15, 0.2) is 34.9 Å². The molecule has 0 aliphatic carbocycles. The Balaban J connectivity index is 1.74. The van der Waals surface area contributed by atoms with Crippen molar-refractivity contribution in [2.75, 3.05) is 11.9 Å². The summed E-state index contributed by atoms with van der Waals surface area (Å²) in [6.45, 7) is 0.610. The van der Waals surface area contributed by atoms with Crippen molar-refractivity contribution in [2.24, 2.45) is 0 Å². The van der Waals surface area contributed by atoms with Gasteiger partial charge in [0.25, 0.3) is 0 Å². The van der Waals surface area contributed by atoms with Crippen molar-refractivity contribution in [1.82, 2.24) is 10.3 Å². The first-order valence-corrected chi connectivity index (χ1v) is 8.23. The summed E-state index contributed by atoms with van der Waals surface area (Å²) in [5.41, 5.74) is 0. The maximum absolute atomic E-state index is 11.6. The van der Waals surface area contributed by atoms with E-state index in [0.29, 0.717) is 12.4 Å². The first kappa shape index (κ1) is 14.7. The Morgan fingerprint density at radius 3 is 2.84 bits per heavy atom. The van der Waals surface area contributed by atoms with E-state index in [1.807, 2.05) is 6.07 Å². The van der Waals surface area contributed by atoms with E-state index >= 15 is 0 Å². The minimum Gasteiger partial charge on any atom is -0.337 e. The van der Waals surface area contributed by atoms with Gasteiger partial charge in [0.2, 0.25) is 0 Å². The van der Waals surface area contributed by atoms with Crippen molar-refractivity contribution in [3.05, 3.63) is 42.7 Å². The highest BCUT2D eigenvalue weighted by Gasteiger charge is 2.03. The van der Waals surface area contributed by atoms with Gasteiger partial charge in [-0.25, -0.2) is 9.78 Å². The maximum atomic E-state index is 11.6. The van der Waals surface area contributed by atoms with Crippen molar-refractivity contribution in [2.45, 2.75) is 6.42 Å². The molecule has 0 atom stereocenters. The van der Waals surface area contributed by atoms with Crippen molar-refractivity contribution in [3.63, 3.8) is 0 Å². The molecule has 0 saturated carbocycles. The summed E-state index contributed by atoms with van der Waals surface area (Å²) >= 11 is 7.32. The molecule has 0 fully saturated rings. The highest BCUT2D eigenvalue weighted by atomic mass is 127. The van der Waals surface area contributed by atoms with Gasteiger partial charge in [-0.2, -0.15) is 0 Å².